The van der Waals surface area contributed by atoms with Crippen LogP contribution in [-0.2, 0) is 11.2 Å². The number of aromatic nitrogens is 2. The fourth-order valence-corrected chi connectivity index (χ4v) is 2.80. The van der Waals surface area contributed by atoms with Gasteiger partial charge in [0.25, 0.3) is 0 Å². The number of rotatable bonds is 6. The number of halogens is 1. The number of hydrogen-bond donors (Lipinski definition) is 1. The number of aryl methyl sites for hydroxylation is 2. The minimum Gasteiger partial charge on any atom is -0.457 e. The second kappa shape index (κ2) is 7.85. The molecule has 0 saturated carbocycles. The first-order valence-corrected chi connectivity index (χ1v) is 8.52. The van der Waals surface area contributed by atoms with Gasteiger partial charge in [-0.3, -0.25) is 4.79 Å². The van der Waals surface area contributed by atoms with Gasteiger partial charge >= 0.3 is 0 Å². The molecule has 7 heteroatoms. The molecule has 5 nitrogen and oxygen atoms in total. The Labute approximate surface area is 148 Å². The second-order valence-electron chi connectivity index (χ2n) is 5.38. The molecule has 0 bridgehead atoms. The Kier molecular flexibility index (Phi) is 5.35. The van der Waals surface area contributed by atoms with E-state index >= 15 is 0 Å². The number of hydrogen-bond acceptors (Lipinski definition) is 5. The zero-order valence-corrected chi connectivity index (χ0v) is 14.3. The van der Waals surface area contributed by atoms with E-state index in [-0.39, 0.29) is 11.7 Å². The summed E-state index contributed by atoms with van der Waals surface area (Å²) in [5.74, 6) is 0.783. The van der Waals surface area contributed by atoms with E-state index in [9.17, 15) is 9.18 Å². The molecular formula is C18H16FN3O2S. The van der Waals surface area contributed by atoms with Crippen LogP contribution in [0.1, 0.15) is 17.0 Å². The Morgan fingerprint density at radius 3 is 2.68 bits per heavy atom. The molecular weight excluding hydrogens is 341 g/mol. The largest absolute Gasteiger partial charge is 0.457 e. The van der Waals surface area contributed by atoms with Gasteiger partial charge in [0.1, 0.15) is 22.3 Å². The molecule has 0 spiro atoms. The number of ether oxygens (including phenoxy) is 1. The molecule has 1 amide bonds. The van der Waals surface area contributed by atoms with Gasteiger partial charge in [0, 0.05) is 6.42 Å². The van der Waals surface area contributed by atoms with Crippen molar-refractivity contribution in [3.05, 3.63) is 64.9 Å². The second-order valence-corrected chi connectivity index (χ2v) is 6.56. The van der Waals surface area contributed by atoms with Gasteiger partial charge in [-0.25, -0.2) is 4.39 Å². The third-order valence-corrected chi connectivity index (χ3v) is 4.12. The molecule has 3 rings (SSSR count). The lowest BCUT2D eigenvalue weighted by Crippen LogP contribution is -2.12. The lowest BCUT2D eigenvalue weighted by Gasteiger charge is -2.08. The molecule has 1 aromatic heterocycles. The summed E-state index contributed by atoms with van der Waals surface area (Å²) in [5, 5.41) is 11.8. The van der Waals surface area contributed by atoms with E-state index in [4.69, 9.17) is 4.74 Å². The molecule has 0 aliphatic rings. The Hall–Kier alpha value is -2.80. The standard InChI is InChI=1S/C18H16FN3O2S/c1-12-21-22-18(25-12)20-17(23)10-5-13-3-2-4-16(11-13)24-15-8-6-14(19)7-9-15/h2-4,6-9,11H,5,10H2,1H3,(H,20,22,23). The van der Waals surface area contributed by atoms with Gasteiger partial charge in [0.15, 0.2) is 0 Å². The van der Waals surface area contributed by atoms with E-state index in [1.807, 2.05) is 31.2 Å². The summed E-state index contributed by atoms with van der Waals surface area (Å²) in [6, 6.07) is 13.3. The van der Waals surface area contributed by atoms with Crippen LogP contribution < -0.4 is 10.1 Å². The van der Waals surface area contributed by atoms with Crippen molar-refractivity contribution in [2.24, 2.45) is 0 Å². The average molecular weight is 357 g/mol. The number of nitrogens with zero attached hydrogens (tertiary/aromatic N) is 2. The fourth-order valence-electron chi connectivity index (χ4n) is 2.19. The average Bonchev–Trinajstić information content (AvgIpc) is 3.00. The predicted octanol–water partition coefficient (Wildman–Crippen LogP) is 4.35. The first kappa shape index (κ1) is 17.0. The Morgan fingerprint density at radius 2 is 1.96 bits per heavy atom. The highest BCUT2D eigenvalue weighted by Crippen LogP contribution is 2.23. The van der Waals surface area contributed by atoms with E-state index in [1.165, 1.54) is 23.5 Å². The summed E-state index contributed by atoms with van der Waals surface area (Å²) in [4.78, 5) is 12.0. The molecule has 25 heavy (non-hydrogen) atoms. The molecule has 0 aliphatic carbocycles. The monoisotopic (exact) mass is 357 g/mol. The SMILES string of the molecule is Cc1nnc(NC(=O)CCc2cccc(Oc3ccc(F)cc3)c2)s1. The van der Waals surface area contributed by atoms with Crippen molar-refractivity contribution >= 4 is 22.4 Å². The summed E-state index contributed by atoms with van der Waals surface area (Å²) in [6.45, 7) is 1.83. The van der Waals surface area contributed by atoms with Gasteiger partial charge in [0.05, 0.1) is 0 Å². The quantitative estimate of drug-likeness (QED) is 0.712. The Bertz CT molecular complexity index is 865. The molecule has 0 atom stereocenters. The number of amides is 1. The van der Waals surface area contributed by atoms with Crippen LogP contribution in [0, 0.1) is 12.7 Å². The highest BCUT2D eigenvalue weighted by Gasteiger charge is 2.07. The van der Waals surface area contributed by atoms with Crippen molar-refractivity contribution in [3.8, 4) is 11.5 Å². The molecule has 0 radical (unpaired) electrons. The minimum absolute atomic E-state index is 0.110. The van der Waals surface area contributed by atoms with Crippen LogP contribution in [0.3, 0.4) is 0 Å². The molecule has 0 saturated heterocycles. The lowest BCUT2D eigenvalue weighted by atomic mass is 10.1. The summed E-state index contributed by atoms with van der Waals surface area (Å²) >= 11 is 1.34. The fraction of sp³-hybridized carbons (Fsp3) is 0.167. The Balaban J connectivity index is 1.56. The van der Waals surface area contributed by atoms with E-state index < -0.39 is 0 Å². The zero-order chi connectivity index (χ0) is 17.6. The van der Waals surface area contributed by atoms with Crippen molar-refractivity contribution in [2.45, 2.75) is 19.8 Å². The van der Waals surface area contributed by atoms with Crippen LogP contribution in [0.5, 0.6) is 11.5 Å². The zero-order valence-electron chi connectivity index (χ0n) is 13.5. The van der Waals surface area contributed by atoms with E-state index in [0.29, 0.717) is 29.5 Å². The van der Waals surface area contributed by atoms with Crippen molar-refractivity contribution in [1.82, 2.24) is 10.2 Å². The summed E-state index contributed by atoms with van der Waals surface area (Å²) in [6.07, 6.45) is 0.906. The first-order valence-electron chi connectivity index (χ1n) is 7.71. The van der Waals surface area contributed by atoms with Crippen LogP contribution in [-0.4, -0.2) is 16.1 Å². The number of carbonyl (C=O) groups is 1. The number of anilines is 1. The van der Waals surface area contributed by atoms with Crippen LogP contribution in [0.4, 0.5) is 9.52 Å². The number of carbonyl (C=O) groups excluding carboxylic acids is 1. The van der Waals surface area contributed by atoms with Crippen molar-refractivity contribution in [1.29, 1.82) is 0 Å². The van der Waals surface area contributed by atoms with E-state index in [0.717, 1.165) is 10.6 Å². The van der Waals surface area contributed by atoms with E-state index in [1.54, 1.807) is 12.1 Å². The highest BCUT2D eigenvalue weighted by molar-refractivity contribution is 7.15. The van der Waals surface area contributed by atoms with Gasteiger partial charge < -0.3 is 10.1 Å². The van der Waals surface area contributed by atoms with Gasteiger partial charge in [-0.1, -0.05) is 23.5 Å². The molecule has 1 N–H and O–H groups in total. The van der Waals surface area contributed by atoms with Crippen LogP contribution >= 0.6 is 11.3 Å². The van der Waals surface area contributed by atoms with Gasteiger partial charge in [-0.2, -0.15) is 0 Å². The van der Waals surface area contributed by atoms with Gasteiger partial charge in [-0.15, -0.1) is 10.2 Å². The third-order valence-electron chi connectivity index (χ3n) is 3.36. The maximum atomic E-state index is 12.9. The van der Waals surface area contributed by atoms with Crippen molar-refractivity contribution in [2.75, 3.05) is 5.32 Å². The topological polar surface area (TPSA) is 64.1 Å². The van der Waals surface area contributed by atoms with E-state index in [2.05, 4.69) is 15.5 Å². The predicted molar refractivity (Wildman–Crippen MR) is 94.5 cm³/mol. The maximum absolute atomic E-state index is 12.9. The van der Waals surface area contributed by atoms with Crippen molar-refractivity contribution < 1.29 is 13.9 Å². The minimum atomic E-state index is -0.308. The van der Waals surface area contributed by atoms with Crippen LogP contribution in [0.15, 0.2) is 48.5 Å². The molecule has 3 aromatic rings. The molecule has 0 fully saturated rings. The van der Waals surface area contributed by atoms with Gasteiger partial charge in [-0.05, 0) is 55.3 Å². The molecule has 0 aliphatic heterocycles. The summed E-state index contributed by atoms with van der Waals surface area (Å²) in [5.41, 5.74) is 0.975. The number of nitrogens with one attached hydrogen (secondary N) is 1. The lowest BCUT2D eigenvalue weighted by molar-refractivity contribution is -0.116. The first-order chi connectivity index (χ1) is 12.1. The third kappa shape index (κ3) is 5.09. The Morgan fingerprint density at radius 1 is 1.16 bits per heavy atom. The molecule has 2 aromatic carbocycles. The normalized spacial score (nSPS) is 10.5. The number of benzene rings is 2. The highest BCUT2D eigenvalue weighted by atomic mass is 32.1. The van der Waals surface area contributed by atoms with Gasteiger partial charge in [0.2, 0.25) is 11.0 Å². The van der Waals surface area contributed by atoms with Crippen LogP contribution in [0.2, 0.25) is 0 Å². The smallest absolute Gasteiger partial charge is 0.226 e. The molecule has 1 heterocycles. The summed E-state index contributed by atoms with van der Waals surface area (Å²) in [7, 11) is 0. The van der Waals surface area contributed by atoms with Crippen molar-refractivity contribution in [3.63, 3.8) is 0 Å². The molecule has 0 unspecified atom stereocenters. The summed E-state index contributed by atoms with van der Waals surface area (Å²) < 4.78 is 18.6. The van der Waals surface area contributed by atoms with Crippen LogP contribution in [0.25, 0.3) is 0 Å². The maximum Gasteiger partial charge on any atom is 0.226 e. The molecule has 128 valence electrons.